The molecule has 0 bridgehead atoms. The second kappa shape index (κ2) is 8.33. The van der Waals surface area contributed by atoms with Gasteiger partial charge in [-0.15, -0.1) is 0 Å². The van der Waals surface area contributed by atoms with Gasteiger partial charge in [0, 0.05) is 36.5 Å². The van der Waals surface area contributed by atoms with Crippen LogP contribution in [0, 0.1) is 17.7 Å². The van der Waals surface area contributed by atoms with E-state index < -0.39 is 0 Å². The lowest BCUT2D eigenvalue weighted by molar-refractivity contribution is -0.131. The Morgan fingerprint density at radius 3 is 2.58 bits per heavy atom. The van der Waals surface area contributed by atoms with Crippen molar-refractivity contribution >= 4 is 27.9 Å². The molecule has 1 atom stereocenters. The van der Waals surface area contributed by atoms with Crippen LogP contribution in [0.4, 0.5) is 4.39 Å². The summed E-state index contributed by atoms with van der Waals surface area (Å²) in [5, 5.41) is 1.08. The largest absolute Gasteiger partial charge is 0.464 e. The van der Waals surface area contributed by atoms with Gasteiger partial charge in [0.25, 0.3) is 0 Å². The zero-order valence-electron chi connectivity index (χ0n) is 19.9. The summed E-state index contributed by atoms with van der Waals surface area (Å²) in [6, 6.07) is 21.3. The summed E-state index contributed by atoms with van der Waals surface area (Å²) < 4.78 is 21.8. The molecule has 6 heteroatoms. The third kappa shape index (κ3) is 3.77. The number of fused-ring (bicyclic) bond motifs is 2. The van der Waals surface area contributed by atoms with E-state index in [2.05, 4.69) is 41.0 Å². The molecule has 2 fully saturated rings. The van der Waals surface area contributed by atoms with Crippen molar-refractivity contribution in [3.05, 3.63) is 78.8 Å². The Labute approximate surface area is 208 Å². The van der Waals surface area contributed by atoms with Crippen molar-refractivity contribution in [3.8, 4) is 22.5 Å². The van der Waals surface area contributed by atoms with Crippen LogP contribution in [0.5, 0.6) is 0 Å². The van der Waals surface area contributed by atoms with E-state index in [9.17, 15) is 9.18 Å². The molecule has 1 saturated heterocycles. The first-order chi connectivity index (χ1) is 17.6. The van der Waals surface area contributed by atoms with Gasteiger partial charge in [0.05, 0.1) is 17.3 Å². The van der Waals surface area contributed by atoms with Crippen molar-refractivity contribution in [1.29, 1.82) is 0 Å². The van der Waals surface area contributed by atoms with E-state index in [-0.39, 0.29) is 11.7 Å². The molecule has 0 spiro atoms. The monoisotopic (exact) mass is 479 g/mol. The topological polar surface area (TPSA) is 51.3 Å². The Morgan fingerprint density at radius 2 is 1.75 bits per heavy atom. The molecule has 1 aliphatic heterocycles. The summed E-state index contributed by atoms with van der Waals surface area (Å²) in [6.07, 6.45) is 4.72. The highest BCUT2D eigenvalue weighted by Gasteiger charge is 2.36. The summed E-state index contributed by atoms with van der Waals surface area (Å²) >= 11 is 0. The van der Waals surface area contributed by atoms with Crippen LogP contribution >= 0.6 is 0 Å². The van der Waals surface area contributed by atoms with Gasteiger partial charge in [-0.2, -0.15) is 0 Å². The van der Waals surface area contributed by atoms with Gasteiger partial charge in [0.1, 0.15) is 17.2 Å². The van der Waals surface area contributed by atoms with Crippen molar-refractivity contribution in [2.45, 2.75) is 25.8 Å². The SMILES string of the molecule is O=C(C1CC1)N1CCC(Cn2c(-c3ccc(-c4ccc5occc5c4)cc3)nc3ccc(F)cc32)C1. The van der Waals surface area contributed by atoms with E-state index in [1.54, 1.807) is 18.4 Å². The Morgan fingerprint density at radius 1 is 0.944 bits per heavy atom. The number of likely N-dealkylation sites (tertiary alicyclic amines) is 1. The molecule has 1 aliphatic carbocycles. The minimum absolute atomic E-state index is 0.246. The minimum Gasteiger partial charge on any atom is -0.464 e. The lowest BCUT2D eigenvalue weighted by Crippen LogP contribution is -2.30. The number of amides is 1. The molecule has 0 radical (unpaired) electrons. The molecule has 3 aromatic carbocycles. The fraction of sp³-hybridized carbons (Fsp3) is 0.267. The first-order valence-corrected chi connectivity index (χ1v) is 12.6. The highest BCUT2D eigenvalue weighted by atomic mass is 19.1. The van der Waals surface area contributed by atoms with Gasteiger partial charge in [0.2, 0.25) is 5.91 Å². The first-order valence-electron chi connectivity index (χ1n) is 12.6. The molecule has 1 saturated carbocycles. The Balaban J connectivity index is 1.21. The van der Waals surface area contributed by atoms with Crippen LogP contribution in [0.25, 0.3) is 44.5 Å². The van der Waals surface area contributed by atoms with Gasteiger partial charge in [-0.3, -0.25) is 4.79 Å². The van der Waals surface area contributed by atoms with Gasteiger partial charge in [-0.05, 0) is 72.7 Å². The van der Waals surface area contributed by atoms with Crippen LogP contribution in [0.2, 0.25) is 0 Å². The normalized spacial score (nSPS) is 17.9. The molecule has 5 nitrogen and oxygen atoms in total. The van der Waals surface area contributed by atoms with Crippen LogP contribution in [-0.2, 0) is 11.3 Å². The number of hydrogen-bond donors (Lipinski definition) is 0. The van der Waals surface area contributed by atoms with E-state index in [0.717, 1.165) is 76.9 Å². The van der Waals surface area contributed by atoms with Gasteiger partial charge in [0.15, 0.2) is 0 Å². The summed E-state index contributed by atoms with van der Waals surface area (Å²) in [5.41, 5.74) is 5.68. The van der Waals surface area contributed by atoms with E-state index in [4.69, 9.17) is 9.40 Å². The number of furan rings is 1. The predicted molar refractivity (Wildman–Crippen MR) is 138 cm³/mol. The maximum atomic E-state index is 14.2. The van der Waals surface area contributed by atoms with E-state index in [1.807, 2.05) is 17.0 Å². The fourth-order valence-corrected chi connectivity index (χ4v) is 5.49. The van der Waals surface area contributed by atoms with Crippen LogP contribution in [0.15, 0.2) is 77.4 Å². The second-order valence-corrected chi connectivity index (χ2v) is 10.1. The molecule has 1 amide bonds. The molecular formula is C30H26FN3O2. The number of halogens is 1. The molecule has 2 aromatic heterocycles. The molecule has 1 unspecified atom stereocenters. The summed E-state index contributed by atoms with van der Waals surface area (Å²) in [6.45, 7) is 2.29. The second-order valence-electron chi connectivity index (χ2n) is 10.1. The maximum absolute atomic E-state index is 14.2. The lowest BCUT2D eigenvalue weighted by atomic mass is 10.0. The highest BCUT2D eigenvalue weighted by molar-refractivity contribution is 5.85. The standard InChI is InChI=1S/C30H26FN3O2/c31-25-8-9-26-27(16-25)34(18-19-11-13-33(17-19)30(35)22-5-6-22)29(32-26)21-3-1-20(2-4-21)23-7-10-28-24(15-23)12-14-36-28/h1-4,7-10,12,14-16,19,22H,5-6,11,13,17-18H2. The molecule has 5 aromatic rings. The van der Waals surface area contributed by atoms with Crippen molar-refractivity contribution in [2.24, 2.45) is 11.8 Å². The Bertz CT molecular complexity index is 1600. The summed E-state index contributed by atoms with van der Waals surface area (Å²) in [4.78, 5) is 19.5. The fourth-order valence-electron chi connectivity index (χ4n) is 5.49. The van der Waals surface area contributed by atoms with Gasteiger partial charge >= 0.3 is 0 Å². The zero-order valence-corrected chi connectivity index (χ0v) is 19.9. The third-order valence-corrected chi connectivity index (χ3v) is 7.60. The van der Waals surface area contributed by atoms with E-state index in [1.165, 1.54) is 6.07 Å². The molecule has 0 N–H and O–H groups in total. The molecule has 3 heterocycles. The molecule has 7 rings (SSSR count). The van der Waals surface area contributed by atoms with Gasteiger partial charge < -0.3 is 13.9 Å². The van der Waals surface area contributed by atoms with E-state index in [0.29, 0.717) is 18.4 Å². The first kappa shape index (κ1) is 21.4. The summed E-state index contributed by atoms with van der Waals surface area (Å²) in [5.74, 6) is 1.45. The number of aromatic nitrogens is 2. The van der Waals surface area contributed by atoms with Crippen molar-refractivity contribution in [1.82, 2.24) is 14.5 Å². The van der Waals surface area contributed by atoms with Crippen LogP contribution in [-0.4, -0.2) is 33.4 Å². The number of carbonyl (C=O) groups excluding carboxylic acids is 1. The van der Waals surface area contributed by atoms with Crippen LogP contribution in [0.1, 0.15) is 19.3 Å². The van der Waals surface area contributed by atoms with E-state index >= 15 is 0 Å². The number of rotatable bonds is 5. The van der Waals surface area contributed by atoms with Crippen LogP contribution < -0.4 is 0 Å². The minimum atomic E-state index is -0.267. The average molecular weight is 480 g/mol. The van der Waals surface area contributed by atoms with Gasteiger partial charge in [-0.1, -0.05) is 30.3 Å². The zero-order chi connectivity index (χ0) is 24.2. The predicted octanol–water partition coefficient (Wildman–Crippen LogP) is 6.51. The highest BCUT2D eigenvalue weighted by Crippen LogP contribution is 2.34. The van der Waals surface area contributed by atoms with Crippen LogP contribution in [0.3, 0.4) is 0 Å². The van der Waals surface area contributed by atoms with Gasteiger partial charge in [-0.25, -0.2) is 9.37 Å². The maximum Gasteiger partial charge on any atom is 0.225 e. The number of hydrogen-bond acceptors (Lipinski definition) is 3. The third-order valence-electron chi connectivity index (χ3n) is 7.60. The quantitative estimate of drug-likeness (QED) is 0.289. The van der Waals surface area contributed by atoms with Crippen molar-refractivity contribution in [2.75, 3.05) is 13.1 Å². The average Bonchev–Trinajstić information content (AvgIpc) is 3.30. The molecular weight excluding hydrogens is 453 g/mol. The summed E-state index contributed by atoms with van der Waals surface area (Å²) in [7, 11) is 0. The number of imidazole rings is 1. The molecule has 36 heavy (non-hydrogen) atoms. The number of nitrogens with zero attached hydrogens (tertiary/aromatic N) is 3. The molecule has 180 valence electrons. The molecule has 2 aliphatic rings. The van der Waals surface area contributed by atoms with Crippen molar-refractivity contribution < 1.29 is 13.6 Å². The van der Waals surface area contributed by atoms with Crippen molar-refractivity contribution in [3.63, 3.8) is 0 Å². The Kier molecular flexibility index (Phi) is 4.94. The lowest BCUT2D eigenvalue weighted by Gasteiger charge is -2.18. The number of benzene rings is 3. The number of carbonyl (C=O) groups is 1. The smallest absolute Gasteiger partial charge is 0.225 e. The Hall–Kier alpha value is -3.93.